The van der Waals surface area contributed by atoms with Gasteiger partial charge in [-0.05, 0) is 37.3 Å². The first-order chi connectivity index (χ1) is 14.6. The molecule has 0 atom stereocenters. The Morgan fingerprint density at radius 3 is 2.67 bits per heavy atom. The molecule has 1 aromatic carbocycles. The van der Waals surface area contributed by atoms with Gasteiger partial charge in [-0.2, -0.15) is 0 Å². The summed E-state index contributed by atoms with van der Waals surface area (Å²) < 4.78 is 25.8. The number of aromatic nitrogens is 4. The summed E-state index contributed by atoms with van der Waals surface area (Å²) in [5.41, 5.74) is 5.36. The van der Waals surface area contributed by atoms with Crippen LogP contribution in [0.3, 0.4) is 0 Å². The Bertz CT molecular complexity index is 1000. The van der Waals surface area contributed by atoms with E-state index in [9.17, 15) is 9.18 Å². The van der Waals surface area contributed by atoms with Gasteiger partial charge in [0, 0.05) is 25.4 Å². The molecule has 1 aliphatic rings. The molecule has 0 saturated carbocycles. The highest BCUT2D eigenvalue weighted by Gasteiger charge is 2.15. The number of nitrogens with one attached hydrogen (secondary N) is 1. The minimum Gasteiger partial charge on any atom is -0.471 e. The predicted octanol–water partition coefficient (Wildman–Crippen LogP) is 1.67. The summed E-state index contributed by atoms with van der Waals surface area (Å²) in [7, 11) is 0. The van der Waals surface area contributed by atoms with Gasteiger partial charge in [-0.3, -0.25) is 10.2 Å². The van der Waals surface area contributed by atoms with E-state index >= 15 is 0 Å². The molecule has 9 nitrogen and oxygen atoms in total. The highest BCUT2D eigenvalue weighted by molar-refractivity contribution is 5.93. The Hall–Kier alpha value is -3.37. The molecule has 4 rings (SSSR count). The van der Waals surface area contributed by atoms with Crippen molar-refractivity contribution < 1.29 is 18.7 Å². The summed E-state index contributed by atoms with van der Waals surface area (Å²) in [5, 5.41) is 9.99. The molecule has 1 fully saturated rings. The molecule has 2 aromatic heterocycles. The van der Waals surface area contributed by atoms with Crippen LogP contribution in [0, 0.1) is 12.7 Å². The van der Waals surface area contributed by atoms with Gasteiger partial charge in [-0.15, -0.1) is 5.10 Å². The Morgan fingerprint density at radius 2 is 1.97 bits per heavy atom. The Kier molecular flexibility index (Phi) is 5.96. The number of benzene rings is 1. The molecule has 0 bridgehead atoms. The standard InChI is InChI=1S/C20H21FN6O3/c1-14-18(27(25-23-14)17-5-3-16(21)4-6-17)13-30-19-7-2-15(12-22-19)20(28)24-26-8-10-29-11-9-26/h2-7,12H,8-11,13H2,1H3,(H,24,28). The maximum Gasteiger partial charge on any atom is 0.267 e. The summed E-state index contributed by atoms with van der Waals surface area (Å²) in [6.07, 6.45) is 1.47. The third-order valence-electron chi connectivity index (χ3n) is 4.65. The van der Waals surface area contributed by atoms with E-state index < -0.39 is 0 Å². The minimum absolute atomic E-state index is 0.169. The molecule has 1 amide bonds. The average molecular weight is 412 g/mol. The maximum atomic E-state index is 13.2. The van der Waals surface area contributed by atoms with Crippen LogP contribution in [-0.2, 0) is 11.3 Å². The smallest absolute Gasteiger partial charge is 0.267 e. The lowest BCUT2D eigenvalue weighted by atomic mass is 10.2. The van der Waals surface area contributed by atoms with Crippen molar-refractivity contribution in [3.63, 3.8) is 0 Å². The Labute approximate surface area is 172 Å². The molecule has 1 saturated heterocycles. The number of pyridine rings is 1. The van der Waals surface area contributed by atoms with Crippen LogP contribution in [0.25, 0.3) is 5.69 Å². The van der Waals surface area contributed by atoms with Crippen molar-refractivity contribution in [2.75, 3.05) is 26.3 Å². The number of carbonyl (C=O) groups is 1. The first-order valence-corrected chi connectivity index (χ1v) is 9.50. The number of nitrogens with zero attached hydrogens (tertiary/aromatic N) is 5. The van der Waals surface area contributed by atoms with E-state index in [1.807, 2.05) is 11.9 Å². The van der Waals surface area contributed by atoms with E-state index in [-0.39, 0.29) is 18.3 Å². The van der Waals surface area contributed by atoms with Gasteiger partial charge in [0.05, 0.1) is 30.2 Å². The number of halogens is 1. The molecule has 0 aliphatic carbocycles. The van der Waals surface area contributed by atoms with Crippen molar-refractivity contribution in [3.05, 3.63) is 65.4 Å². The Morgan fingerprint density at radius 1 is 1.20 bits per heavy atom. The molecular weight excluding hydrogens is 391 g/mol. The number of morpholine rings is 1. The summed E-state index contributed by atoms with van der Waals surface area (Å²) in [5.74, 6) is -0.190. The topological polar surface area (TPSA) is 94.4 Å². The quantitative estimate of drug-likeness (QED) is 0.658. The summed E-state index contributed by atoms with van der Waals surface area (Å²) in [6.45, 7) is 4.47. The van der Waals surface area contributed by atoms with Gasteiger partial charge in [-0.1, -0.05) is 5.21 Å². The van der Waals surface area contributed by atoms with E-state index in [4.69, 9.17) is 9.47 Å². The van der Waals surface area contributed by atoms with Crippen molar-refractivity contribution in [2.24, 2.45) is 0 Å². The monoisotopic (exact) mass is 412 g/mol. The second-order valence-corrected chi connectivity index (χ2v) is 6.72. The number of hydrogen-bond donors (Lipinski definition) is 1. The van der Waals surface area contributed by atoms with Gasteiger partial charge < -0.3 is 9.47 Å². The van der Waals surface area contributed by atoms with Crippen molar-refractivity contribution in [1.29, 1.82) is 0 Å². The van der Waals surface area contributed by atoms with Gasteiger partial charge in [0.15, 0.2) is 0 Å². The first-order valence-electron chi connectivity index (χ1n) is 9.50. The number of amides is 1. The average Bonchev–Trinajstić information content (AvgIpc) is 3.14. The molecule has 156 valence electrons. The summed E-state index contributed by atoms with van der Waals surface area (Å²) in [4.78, 5) is 16.5. The number of hydrazine groups is 1. The van der Waals surface area contributed by atoms with Crippen LogP contribution in [-0.4, -0.2) is 57.2 Å². The largest absolute Gasteiger partial charge is 0.471 e. The second kappa shape index (κ2) is 8.97. The lowest BCUT2D eigenvalue weighted by Gasteiger charge is -2.26. The molecule has 0 unspecified atom stereocenters. The number of rotatable bonds is 6. The molecule has 3 aromatic rings. The van der Waals surface area contributed by atoms with Gasteiger partial charge in [0.1, 0.15) is 18.1 Å². The molecule has 0 radical (unpaired) electrons. The maximum absolute atomic E-state index is 13.2. The van der Waals surface area contributed by atoms with Crippen molar-refractivity contribution in [1.82, 2.24) is 30.4 Å². The minimum atomic E-state index is -0.324. The normalized spacial score (nSPS) is 14.5. The molecule has 1 aliphatic heterocycles. The molecular formula is C20H21FN6O3. The van der Waals surface area contributed by atoms with E-state index in [1.165, 1.54) is 18.3 Å². The lowest BCUT2D eigenvalue weighted by Crippen LogP contribution is -2.48. The number of ether oxygens (including phenoxy) is 2. The summed E-state index contributed by atoms with van der Waals surface area (Å²) >= 11 is 0. The zero-order valence-corrected chi connectivity index (χ0v) is 16.4. The molecule has 30 heavy (non-hydrogen) atoms. The fourth-order valence-corrected chi connectivity index (χ4v) is 2.96. The van der Waals surface area contributed by atoms with Gasteiger partial charge in [0.2, 0.25) is 5.88 Å². The van der Waals surface area contributed by atoms with E-state index in [1.54, 1.807) is 28.9 Å². The molecule has 0 spiro atoms. The van der Waals surface area contributed by atoms with Gasteiger partial charge >= 0.3 is 0 Å². The van der Waals surface area contributed by atoms with Crippen LogP contribution < -0.4 is 10.2 Å². The SMILES string of the molecule is Cc1nnn(-c2ccc(F)cc2)c1COc1ccc(C(=O)NN2CCOCC2)cn1. The van der Waals surface area contributed by atoms with Gasteiger partial charge in [0.25, 0.3) is 5.91 Å². The van der Waals surface area contributed by atoms with Crippen molar-refractivity contribution in [2.45, 2.75) is 13.5 Å². The zero-order chi connectivity index (χ0) is 20.9. The number of hydrogen-bond acceptors (Lipinski definition) is 7. The Balaban J connectivity index is 1.39. The number of aryl methyl sites for hydroxylation is 1. The van der Waals surface area contributed by atoms with Crippen molar-refractivity contribution >= 4 is 5.91 Å². The lowest BCUT2D eigenvalue weighted by molar-refractivity contribution is 0.0126. The van der Waals surface area contributed by atoms with Crippen LogP contribution in [0.2, 0.25) is 0 Å². The second-order valence-electron chi connectivity index (χ2n) is 6.72. The van der Waals surface area contributed by atoms with Crippen LogP contribution in [0.4, 0.5) is 4.39 Å². The van der Waals surface area contributed by atoms with Crippen LogP contribution in [0.1, 0.15) is 21.7 Å². The fourth-order valence-electron chi connectivity index (χ4n) is 2.96. The fraction of sp³-hybridized carbons (Fsp3) is 0.300. The van der Waals surface area contributed by atoms with E-state index in [2.05, 4.69) is 20.7 Å². The van der Waals surface area contributed by atoms with Crippen LogP contribution in [0.15, 0.2) is 42.6 Å². The molecule has 1 N–H and O–H groups in total. The first kappa shape index (κ1) is 19.9. The van der Waals surface area contributed by atoms with Crippen LogP contribution in [0.5, 0.6) is 5.88 Å². The highest BCUT2D eigenvalue weighted by Crippen LogP contribution is 2.16. The third kappa shape index (κ3) is 4.61. The van der Waals surface area contributed by atoms with E-state index in [0.29, 0.717) is 49.1 Å². The summed E-state index contributed by atoms with van der Waals surface area (Å²) in [6, 6.07) is 9.24. The highest BCUT2D eigenvalue weighted by atomic mass is 19.1. The predicted molar refractivity (Wildman–Crippen MR) is 104 cm³/mol. The van der Waals surface area contributed by atoms with E-state index in [0.717, 1.165) is 5.69 Å². The van der Waals surface area contributed by atoms with Gasteiger partial charge in [-0.25, -0.2) is 19.1 Å². The van der Waals surface area contributed by atoms with Crippen LogP contribution >= 0.6 is 0 Å². The number of carbonyl (C=O) groups excluding carboxylic acids is 1. The van der Waals surface area contributed by atoms with Crippen molar-refractivity contribution in [3.8, 4) is 11.6 Å². The molecule has 10 heteroatoms. The zero-order valence-electron chi connectivity index (χ0n) is 16.4. The molecule has 3 heterocycles. The third-order valence-corrected chi connectivity index (χ3v) is 4.65.